The van der Waals surface area contributed by atoms with E-state index >= 15 is 0 Å². The summed E-state index contributed by atoms with van der Waals surface area (Å²) >= 11 is 5.65. The molecule has 0 aliphatic carbocycles. The molecular formula is C15H16ClNO2. The number of aryl methyl sites for hydroxylation is 2. The topological polar surface area (TPSA) is 42.2 Å². The van der Waals surface area contributed by atoms with Gasteiger partial charge in [-0.05, 0) is 48.2 Å². The number of hydrogen-bond acceptors (Lipinski definition) is 2. The molecule has 4 heteroatoms. The Morgan fingerprint density at radius 2 is 2.05 bits per heavy atom. The van der Waals surface area contributed by atoms with Gasteiger partial charge >= 0.3 is 0 Å². The van der Waals surface area contributed by atoms with Gasteiger partial charge in [0.1, 0.15) is 5.76 Å². The SMILES string of the molecule is Cc1ccccc1CCC(=O)NCc1ccc(Cl)o1. The Kier molecular flexibility index (Phi) is 4.63. The number of benzene rings is 1. The van der Waals surface area contributed by atoms with Gasteiger partial charge in [-0.1, -0.05) is 24.3 Å². The Hall–Kier alpha value is -1.74. The van der Waals surface area contributed by atoms with Crippen LogP contribution in [0.25, 0.3) is 0 Å². The van der Waals surface area contributed by atoms with E-state index in [1.807, 2.05) is 12.1 Å². The first-order valence-corrected chi connectivity index (χ1v) is 6.58. The molecule has 2 rings (SSSR count). The first kappa shape index (κ1) is 13.7. The minimum Gasteiger partial charge on any atom is -0.448 e. The van der Waals surface area contributed by atoms with E-state index in [9.17, 15) is 4.79 Å². The van der Waals surface area contributed by atoms with Gasteiger partial charge in [-0.25, -0.2) is 0 Å². The fraction of sp³-hybridized carbons (Fsp3) is 0.267. The second-order valence-electron chi connectivity index (χ2n) is 4.41. The maximum absolute atomic E-state index is 11.7. The van der Waals surface area contributed by atoms with Gasteiger partial charge in [-0.3, -0.25) is 4.79 Å². The van der Waals surface area contributed by atoms with Crippen molar-refractivity contribution in [2.75, 3.05) is 0 Å². The average Bonchev–Trinajstić information content (AvgIpc) is 2.81. The van der Waals surface area contributed by atoms with Gasteiger partial charge in [0.2, 0.25) is 5.91 Å². The minimum absolute atomic E-state index is 0.00998. The largest absolute Gasteiger partial charge is 0.448 e. The van der Waals surface area contributed by atoms with Gasteiger partial charge < -0.3 is 9.73 Å². The summed E-state index contributed by atoms with van der Waals surface area (Å²) in [5, 5.41) is 3.15. The number of hydrogen-bond donors (Lipinski definition) is 1. The van der Waals surface area contributed by atoms with E-state index in [-0.39, 0.29) is 5.91 Å². The van der Waals surface area contributed by atoms with Crippen LogP contribution in [0.1, 0.15) is 23.3 Å². The predicted octanol–water partition coefficient (Wildman–Crippen LogP) is 3.49. The lowest BCUT2D eigenvalue weighted by atomic mass is 10.0. The van der Waals surface area contributed by atoms with Crippen molar-refractivity contribution in [3.8, 4) is 0 Å². The molecule has 3 nitrogen and oxygen atoms in total. The van der Waals surface area contributed by atoms with Crippen LogP contribution in [0.5, 0.6) is 0 Å². The lowest BCUT2D eigenvalue weighted by Gasteiger charge is -2.06. The Balaban J connectivity index is 1.77. The molecule has 2 aromatic rings. The number of halogens is 1. The van der Waals surface area contributed by atoms with E-state index in [1.165, 1.54) is 11.1 Å². The van der Waals surface area contributed by atoms with E-state index in [2.05, 4.69) is 24.4 Å². The van der Waals surface area contributed by atoms with Crippen molar-refractivity contribution in [2.45, 2.75) is 26.3 Å². The van der Waals surface area contributed by atoms with Crippen molar-refractivity contribution < 1.29 is 9.21 Å². The molecule has 0 atom stereocenters. The number of nitrogens with one attached hydrogen (secondary N) is 1. The van der Waals surface area contributed by atoms with Crippen molar-refractivity contribution in [3.05, 3.63) is 58.5 Å². The molecule has 19 heavy (non-hydrogen) atoms. The Morgan fingerprint density at radius 1 is 1.26 bits per heavy atom. The molecule has 0 bridgehead atoms. The Morgan fingerprint density at radius 3 is 2.74 bits per heavy atom. The quantitative estimate of drug-likeness (QED) is 0.909. The van der Waals surface area contributed by atoms with Crippen molar-refractivity contribution in [1.29, 1.82) is 0 Å². The van der Waals surface area contributed by atoms with E-state index in [0.29, 0.717) is 23.9 Å². The molecule has 1 aromatic carbocycles. The highest BCUT2D eigenvalue weighted by atomic mass is 35.5. The highest BCUT2D eigenvalue weighted by Gasteiger charge is 2.05. The number of carbonyl (C=O) groups is 1. The number of rotatable bonds is 5. The standard InChI is InChI=1S/C15H16ClNO2/c1-11-4-2-3-5-12(11)6-9-15(18)17-10-13-7-8-14(16)19-13/h2-5,7-8H,6,9-10H2,1H3,(H,17,18). The Labute approximate surface area is 117 Å². The third-order valence-corrected chi connectivity index (χ3v) is 3.17. The van der Waals surface area contributed by atoms with Gasteiger partial charge in [0.15, 0.2) is 5.22 Å². The summed E-state index contributed by atoms with van der Waals surface area (Å²) in [5.41, 5.74) is 2.42. The van der Waals surface area contributed by atoms with Crippen molar-refractivity contribution in [3.63, 3.8) is 0 Å². The molecule has 0 saturated carbocycles. The molecule has 1 N–H and O–H groups in total. The normalized spacial score (nSPS) is 10.4. The second kappa shape index (κ2) is 6.43. The lowest BCUT2D eigenvalue weighted by molar-refractivity contribution is -0.121. The first-order chi connectivity index (χ1) is 9.15. The fourth-order valence-corrected chi connectivity index (χ4v) is 2.02. The molecule has 0 spiro atoms. The highest BCUT2D eigenvalue weighted by Crippen LogP contribution is 2.13. The number of carbonyl (C=O) groups excluding carboxylic acids is 1. The van der Waals surface area contributed by atoms with Crippen LogP contribution in [0.2, 0.25) is 5.22 Å². The zero-order valence-corrected chi connectivity index (χ0v) is 11.5. The number of amides is 1. The Bertz CT molecular complexity index is 563. The van der Waals surface area contributed by atoms with Crippen molar-refractivity contribution in [2.24, 2.45) is 0 Å². The van der Waals surface area contributed by atoms with Crippen LogP contribution in [0.3, 0.4) is 0 Å². The van der Waals surface area contributed by atoms with Crippen molar-refractivity contribution in [1.82, 2.24) is 5.32 Å². The fourth-order valence-electron chi connectivity index (χ4n) is 1.86. The van der Waals surface area contributed by atoms with Crippen molar-refractivity contribution >= 4 is 17.5 Å². The number of furan rings is 1. The average molecular weight is 278 g/mol. The minimum atomic E-state index is 0.00998. The van der Waals surface area contributed by atoms with Crippen LogP contribution in [0.15, 0.2) is 40.8 Å². The maximum Gasteiger partial charge on any atom is 0.220 e. The van der Waals surface area contributed by atoms with E-state index in [4.69, 9.17) is 16.0 Å². The molecule has 100 valence electrons. The van der Waals surface area contributed by atoms with Crippen LogP contribution in [0, 0.1) is 6.92 Å². The molecule has 0 saturated heterocycles. The summed E-state index contributed by atoms with van der Waals surface area (Å²) < 4.78 is 5.17. The molecule has 0 radical (unpaired) electrons. The smallest absolute Gasteiger partial charge is 0.220 e. The molecule has 1 aromatic heterocycles. The predicted molar refractivity (Wildman–Crippen MR) is 75.1 cm³/mol. The van der Waals surface area contributed by atoms with Gasteiger partial charge in [0, 0.05) is 6.42 Å². The van der Waals surface area contributed by atoms with Crippen LogP contribution in [-0.2, 0) is 17.8 Å². The zero-order chi connectivity index (χ0) is 13.7. The maximum atomic E-state index is 11.7. The second-order valence-corrected chi connectivity index (χ2v) is 4.78. The molecule has 1 heterocycles. The summed E-state index contributed by atoms with van der Waals surface area (Å²) in [6, 6.07) is 11.5. The zero-order valence-electron chi connectivity index (χ0n) is 10.8. The summed E-state index contributed by atoms with van der Waals surface area (Å²) in [6.07, 6.45) is 1.22. The van der Waals surface area contributed by atoms with E-state index in [1.54, 1.807) is 12.1 Å². The van der Waals surface area contributed by atoms with Crippen LogP contribution < -0.4 is 5.32 Å². The third kappa shape index (κ3) is 4.14. The summed E-state index contributed by atoms with van der Waals surface area (Å²) in [6.45, 7) is 2.43. The first-order valence-electron chi connectivity index (χ1n) is 6.20. The van der Waals surface area contributed by atoms with Gasteiger partial charge in [0.25, 0.3) is 0 Å². The van der Waals surface area contributed by atoms with Crippen LogP contribution in [-0.4, -0.2) is 5.91 Å². The van der Waals surface area contributed by atoms with Crippen LogP contribution >= 0.6 is 11.6 Å². The summed E-state index contributed by atoms with van der Waals surface area (Å²) in [7, 11) is 0. The highest BCUT2D eigenvalue weighted by molar-refractivity contribution is 6.28. The molecular weight excluding hydrogens is 262 g/mol. The monoisotopic (exact) mass is 277 g/mol. The van der Waals surface area contributed by atoms with Gasteiger partial charge in [-0.15, -0.1) is 0 Å². The van der Waals surface area contributed by atoms with Crippen LogP contribution in [0.4, 0.5) is 0 Å². The third-order valence-electron chi connectivity index (χ3n) is 2.97. The summed E-state index contributed by atoms with van der Waals surface area (Å²) in [4.78, 5) is 11.7. The van der Waals surface area contributed by atoms with E-state index in [0.717, 1.165) is 6.42 Å². The lowest BCUT2D eigenvalue weighted by Crippen LogP contribution is -2.22. The van der Waals surface area contributed by atoms with Gasteiger partial charge in [0.05, 0.1) is 6.54 Å². The van der Waals surface area contributed by atoms with E-state index < -0.39 is 0 Å². The molecule has 0 fully saturated rings. The molecule has 0 aliphatic heterocycles. The molecule has 0 unspecified atom stereocenters. The molecule has 0 aliphatic rings. The van der Waals surface area contributed by atoms with Gasteiger partial charge in [-0.2, -0.15) is 0 Å². The summed E-state index contributed by atoms with van der Waals surface area (Å²) in [5.74, 6) is 0.671. The molecule has 1 amide bonds.